The van der Waals surface area contributed by atoms with Crippen LogP contribution in [0.5, 0.6) is 0 Å². The first-order chi connectivity index (χ1) is 12.5. The predicted octanol–water partition coefficient (Wildman–Crippen LogP) is 3.26. The minimum Gasteiger partial charge on any atom is -0.324 e. The Morgan fingerprint density at radius 2 is 1.88 bits per heavy atom. The van der Waals surface area contributed by atoms with Crippen LogP contribution in [0, 0.1) is 0 Å². The van der Waals surface area contributed by atoms with Gasteiger partial charge in [-0.3, -0.25) is 4.79 Å². The smallest absolute Gasteiger partial charge is 0.252 e. The number of amides is 1. The number of hydrogen-bond donors (Lipinski definition) is 1. The van der Waals surface area contributed by atoms with Crippen LogP contribution in [0.15, 0.2) is 52.1 Å². The van der Waals surface area contributed by atoms with Gasteiger partial charge in [-0.15, -0.1) is 11.3 Å². The Balaban J connectivity index is 1.55. The summed E-state index contributed by atoms with van der Waals surface area (Å²) in [6, 6.07) is 13.3. The highest BCUT2D eigenvalue weighted by Crippen LogP contribution is 2.35. The molecule has 0 saturated heterocycles. The largest absolute Gasteiger partial charge is 0.324 e. The molecule has 0 spiro atoms. The second-order valence-electron chi connectivity index (χ2n) is 6.35. The third kappa shape index (κ3) is 2.92. The molecule has 1 N–H and O–H groups in total. The topological polar surface area (TPSA) is 66.5 Å². The van der Waals surface area contributed by atoms with E-state index in [-0.39, 0.29) is 16.7 Å². The molecule has 1 amide bonds. The number of hydrogen-bond acceptors (Lipinski definition) is 4. The maximum atomic E-state index is 12.5. The zero-order valence-corrected chi connectivity index (χ0v) is 15.9. The van der Waals surface area contributed by atoms with E-state index in [0.29, 0.717) is 0 Å². The molecular formula is C19H18N2O3S2. The number of thiophene rings is 1. The average Bonchev–Trinajstić information content (AvgIpc) is 3.28. The third-order valence-corrected chi connectivity index (χ3v) is 7.85. The van der Waals surface area contributed by atoms with E-state index >= 15 is 0 Å². The van der Waals surface area contributed by atoms with E-state index in [9.17, 15) is 13.2 Å². The number of carbonyl (C=O) groups is 1. The first-order valence-electron chi connectivity index (χ1n) is 8.30. The number of sulfonamides is 1. The molecule has 0 saturated carbocycles. The van der Waals surface area contributed by atoms with Crippen LogP contribution in [0.4, 0.5) is 5.69 Å². The summed E-state index contributed by atoms with van der Waals surface area (Å²) in [6.07, 6.45) is 2.04. The van der Waals surface area contributed by atoms with E-state index in [4.69, 9.17) is 0 Å². The molecule has 1 heterocycles. The molecule has 26 heavy (non-hydrogen) atoms. The van der Waals surface area contributed by atoms with Gasteiger partial charge in [0, 0.05) is 18.1 Å². The number of benzene rings is 2. The summed E-state index contributed by atoms with van der Waals surface area (Å²) in [5, 5.41) is 6.80. The van der Waals surface area contributed by atoms with Crippen LogP contribution >= 0.6 is 11.3 Å². The predicted molar refractivity (Wildman–Crippen MR) is 104 cm³/mol. The summed E-state index contributed by atoms with van der Waals surface area (Å²) < 4.78 is 26.2. The lowest BCUT2D eigenvalue weighted by molar-refractivity contribution is -0.116. The second-order valence-corrected chi connectivity index (χ2v) is 9.57. The SMILES string of the molecule is CN(CC(=O)Nc1ccc2c3c(cccc13)CC2)S(=O)(=O)c1cccs1. The highest BCUT2D eigenvalue weighted by Gasteiger charge is 2.24. The van der Waals surface area contributed by atoms with Gasteiger partial charge in [-0.2, -0.15) is 4.31 Å². The van der Waals surface area contributed by atoms with Gasteiger partial charge in [-0.05, 0) is 46.9 Å². The van der Waals surface area contributed by atoms with Gasteiger partial charge in [-0.1, -0.05) is 30.3 Å². The second kappa shape index (κ2) is 6.50. The molecule has 134 valence electrons. The van der Waals surface area contributed by atoms with Crippen molar-refractivity contribution in [2.45, 2.75) is 17.1 Å². The number of likely N-dealkylation sites (N-methyl/N-ethyl adjacent to an activating group) is 1. The van der Waals surface area contributed by atoms with Crippen LogP contribution in [0.3, 0.4) is 0 Å². The lowest BCUT2D eigenvalue weighted by Crippen LogP contribution is -2.34. The maximum Gasteiger partial charge on any atom is 0.252 e. The highest BCUT2D eigenvalue weighted by atomic mass is 32.2. The van der Waals surface area contributed by atoms with Crippen LogP contribution in [-0.2, 0) is 27.7 Å². The Morgan fingerprint density at radius 1 is 1.12 bits per heavy atom. The molecule has 0 bridgehead atoms. The lowest BCUT2D eigenvalue weighted by Gasteiger charge is -2.16. The zero-order chi connectivity index (χ0) is 18.3. The van der Waals surface area contributed by atoms with E-state index in [1.54, 1.807) is 11.4 Å². The Kier molecular flexibility index (Phi) is 4.30. The first kappa shape index (κ1) is 17.2. The molecule has 0 aliphatic heterocycles. The highest BCUT2D eigenvalue weighted by molar-refractivity contribution is 7.91. The molecule has 7 heteroatoms. The van der Waals surface area contributed by atoms with Crippen molar-refractivity contribution in [3.63, 3.8) is 0 Å². The fourth-order valence-corrected chi connectivity index (χ4v) is 5.72. The van der Waals surface area contributed by atoms with E-state index in [1.165, 1.54) is 29.6 Å². The summed E-state index contributed by atoms with van der Waals surface area (Å²) in [5.74, 6) is -0.355. The molecule has 0 fully saturated rings. The van der Waals surface area contributed by atoms with Gasteiger partial charge in [0.25, 0.3) is 10.0 Å². The first-order valence-corrected chi connectivity index (χ1v) is 10.6. The molecule has 0 radical (unpaired) electrons. The van der Waals surface area contributed by atoms with E-state index in [0.717, 1.165) is 39.6 Å². The molecule has 3 aromatic rings. The van der Waals surface area contributed by atoms with Crippen molar-refractivity contribution in [3.8, 4) is 0 Å². The van der Waals surface area contributed by atoms with Crippen molar-refractivity contribution in [2.75, 3.05) is 18.9 Å². The summed E-state index contributed by atoms with van der Waals surface area (Å²) in [7, 11) is -2.22. The number of nitrogens with zero attached hydrogens (tertiary/aromatic N) is 1. The summed E-state index contributed by atoms with van der Waals surface area (Å²) in [5.41, 5.74) is 3.32. The Morgan fingerprint density at radius 3 is 2.62 bits per heavy atom. The van der Waals surface area contributed by atoms with Gasteiger partial charge in [0.15, 0.2) is 0 Å². The zero-order valence-electron chi connectivity index (χ0n) is 14.2. The van der Waals surface area contributed by atoms with Crippen molar-refractivity contribution >= 4 is 43.7 Å². The minimum absolute atomic E-state index is 0.233. The summed E-state index contributed by atoms with van der Waals surface area (Å²) in [6.45, 7) is -0.233. The number of rotatable bonds is 5. The standard InChI is InChI=1S/C19H18N2O3S2/c1-21(26(23,24)18-6-3-11-25-18)12-17(22)20-16-10-9-14-8-7-13-4-2-5-15(16)19(13)14/h2-6,9-11H,7-8,12H2,1H3,(H,20,22). The lowest BCUT2D eigenvalue weighted by atomic mass is 10.0. The van der Waals surface area contributed by atoms with Gasteiger partial charge in [0.1, 0.15) is 4.21 Å². The van der Waals surface area contributed by atoms with Gasteiger partial charge >= 0.3 is 0 Å². The van der Waals surface area contributed by atoms with Crippen LogP contribution in [0.1, 0.15) is 11.1 Å². The van der Waals surface area contributed by atoms with Crippen molar-refractivity contribution in [1.29, 1.82) is 0 Å². The number of anilines is 1. The third-order valence-electron chi connectivity index (χ3n) is 4.68. The molecule has 0 unspecified atom stereocenters. The molecule has 5 nitrogen and oxygen atoms in total. The van der Waals surface area contributed by atoms with E-state index in [1.807, 2.05) is 24.3 Å². The monoisotopic (exact) mass is 386 g/mol. The van der Waals surface area contributed by atoms with Gasteiger partial charge in [0.05, 0.1) is 6.54 Å². The Bertz CT molecular complexity index is 1080. The number of aryl methyl sites for hydroxylation is 2. The molecule has 1 aliphatic rings. The molecular weight excluding hydrogens is 368 g/mol. The van der Waals surface area contributed by atoms with Gasteiger partial charge in [0.2, 0.25) is 5.91 Å². The van der Waals surface area contributed by atoms with E-state index in [2.05, 4.69) is 11.4 Å². The summed E-state index contributed by atoms with van der Waals surface area (Å²) >= 11 is 1.14. The number of nitrogens with one attached hydrogen (secondary N) is 1. The molecule has 2 aromatic carbocycles. The molecule has 4 rings (SSSR count). The maximum absolute atomic E-state index is 12.5. The van der Waals surface area contributed by atoms with E-state index < -0.39 is 10.0 Å². The van der Waals surface area contributed by atoms with Crippen molar-refractivity contribution in [1.82, 2.24) is 4.31 Å². The fraction of sp³-hybridized carbons (Fsp3) is 0.211. The summed E-state index contributed by atoms with van der Waals surface area (Å²) in [4.78, 5) is 12.5. The Labute approximate surface area is 156 Å². The average molecular weight is 386 g/mol. The van der Waals surface area contributed by atoms with Gasteiger partial charge in [-0.25, -0.2) is 8.42 Å². The van der Waals surface area contributed by atoms with Crippen molar-refractivity contribution < 1.29 is 13.2 Å². The normalized spacial score (nSPS) is 13.5. The minimum atomic E-state index is -3.64. The van der Waals surface area contributed by atoms with Crippen molar-refractivity contribution in [3.05, 3.63) is 59.0 Å². The molecule has 0 atom stereocenters. The van der Waals surface area contributed by atoms with Gasteiger partial charge < -0.3 is 5.32 Å². The fourth-order valence-electron chi connectivity index (χ4n) is 3.40. The van der Waals surface area contributed by atoms with Crippen LogP contribution in [0.25, 0.3) is 10.8 Å². The van der Waals surface area contributed by atoms with Crippen LogP contribution in [-0.4, -0.2) is 32.2 Å². The van der Waals surface area contributed by atoms with Crippen molar-refractivity contribution in [2.24, 2.45) is 0 Å². The van der Waals surface area contributed by atoms with Crippen LogP contribution < -0.4 is 5.32 Å². The number of carbonyl (C=O) groups excluding carboxylic acids is 1. The van der Waals surface area contributed by atoms with Crippen LogP contribution in [0.2, 0.25) is 0 Å². The molecule has 1 aliphatic carbocycles. The Hall–Kier alpha value is -2.22. The molecule has 1 aromatic heterocycles. The quantitative estimate of drug-likeness (QED) is 0.732.